The van der Waals surface area contributed by atoms with Crippen LogP contribution in [0, 0.1) is 6.92 Å². The average Bonchev–Trinajstić information content (AvgIpc) is 2.82. The number of amides is 2. The number of hydrogen-bond acceptors (Lipinski definition) is 6. The van der Waals surface area contributed by atoms with E-state index in [-0.39, 0.29) is 24.9 Å². The number of carbonyl (C=O) groups is 2. The third kappa shape index (κ3) is 5.72. The number of carbonyl (C=O) groups excluding carboxylic acids is 2. The highest BCUT2D eigenvalue weighted by atomic mass is 16.5. The van der Waals surface area contributed by atoms with Gasteiger partial charge in [-0.3, -0.25) is 24.3 Å². The molecule has 2 aliphatic rings. The first-order chi connectivity index (χ1) is 16.0. The third-order valence-corrected chi connectivity index (χ3v) is 6.59. The van der Waals surface area contributed by atoms with Gasteiger partial charge in [0.1, 0.15) is 5.75 Å². The van der Waals surface area contributed by atoms with Crippen LogP contribution in [-0.4, -0.2) is 86.0 Å². The Labute approximate surface area is 196 Å². The Kier molecular flexibility index (Phi) is 7.62. The number of benzene rings is 2. The number of aryl methyl sites for hydroxylation is 1. The molecular formula is C26H34N4O3. The van der Waals surface area contributed by atoms with Crippen molar-refractivity contribution >= 4 is 17.5 Å². The van der Waals surface area contributed by atoms with Crippen molar-refractivity contribution in [2.75, 3.05) is 64.4 Å². The number of methoxy groups -OCH3 is 1. The molecule has 33 heavy (non-hydrogen) atoms. The standard InChI is InChI=1S/C26H34N4O3/c1-21-8-3-5-10-23(21)29-16-14-27(15-17-29)12-7-13-30-25(31)19-28(20-26(30)32)18-22-9-4-6-11-24(22)33-2/h3-6,8-11H,7,12-20H2,1-2H3. The van der Waals surface area contributed by atoms with Crippen molar-refractivity contribution in [2.24, 2.45) is 0 Å². The number of imide groups is 1. The minimum atomic E-state index is -0.106. The molecule has 7 nitrogen and oxygen atoms in total. The van der Waals surface area contributed by atoms with Gasteiger partial charge < -0.3 is 9.64 Å². The van der Waals surface area contributed by atoms with Crippen LogP contribution in [0.15, 0.2) is 48.5 Å². The molecule has 0 bridgehead atoms. The van der Waals surface area contributed by atoms with E-state index in [2.05, 4.69) is 41.0 Å². The first-order valence-corrected chi connectivity index (χ1v) is 11.8. The number of hydrogen-bond donors (Lipinski definition) is 0. The van der Waals surface area contributed by atoms with Gasteiger partial charge in [0.25, 0.3) is 0 Å². The van der Waals surface area contributed by atoms with Crippen LogP contribution in [0.3, 0.4) is 0 Å². The Balaban J connectivity index is 1.21. The molecule has 2 aromatic carbocycles. The van der Waals surface area contributed by atoms with Crippen molar-refractivity contribution in [3.8, 4) is 5.75 Å². The molecule has 2 heterocycles. The van der Waals surface area contributed by atoms with Gasteiger partial charge in [-0.1, -0.05) is 36.4 Å². The van der Waals surface area contributed by atoms with E-state index >= 15 is 0 Å². The zero-order valence-electron chi connectivity index (χ0n) is 19.7. The van der Waals surface area contributed by atoms with Gasteiger partial charge in [-0.25, -0.2) is 0 Å². The summed E-state index contributed by atoms with van der Waals surface area (Å²) in [6.45, 7) is 8.63. The molecule has 4 rings (SSSR count). The minimum absolute atomic E-state index is 0.106. The van der Waals surface area contributed by atoms with Crippen molar-refractivity contribution in [1.29, 1.82) is 0 Å². The lowest BCUT2D eigenvalue weighted by molar-refractivity contribution is -0.151. The van der Waals surface area contributed by atoms with Gasteiger partial charge >= 0.3 is 0 Å². The maximum atomic E-state index is 12.7. The average molecular weight is 451 g/mol. The number of piperazine rings is 2. The molecule has 0 spiro atoms. The van der Waals surface area contributed by atoms with E-state index in [4.69, 9.17) is 4.74 Å². The third-order valence-electron chi connectivity index (χ3n) is 6.59. The van der Waals surface area contributed by atoms with Crippen LogP contribution in [0.5, 0.6) is 5.75 Å². The Morgan fingerprint density at radius 3 is 2.18 bits per heavy atom. The van der Waals surface area contributed by atoms with Crippen LogP contribution in [-0.2, 0) is 16.1 Å². The monoisotopic (exact) mass is 450 g/mol. The minimum Gasteiger partial charge on any atom is -0.496 e. The van der Waals surface area contributed by atoms with E-state index in [0.717, 1.165) is 50.5 Å². The number of ether oxygens (including phenoxy) is 1. The summed E-state index contributed by atoms with van der Waals surface area (Å²) in [7, 11) is 1.63. The highest BCUT2D eigenvalue weighted by Crippen LogP contribution is 2.22. The summed E-state index contributed by atoms with van der Waals surface area (Å²) in [4.78, 5) is 33.6. The molecule has 0 N–H and O–H groups in total. The van der Waals surface area contributed by atoms with Crippen molar-refractivity contribution in [1.82, 2.24) is 14.7 Å². The Bertz CT molecular complexity index is 954. The molecule has 176 valence electrons. The molecule has 0 unspecified atom stereocenters. The zero-order chi connectivity index (χ0) is 23.2. The van der Waals surface area contributed by atoms with Crippen LogP contribution in [0.1, 0.15) is 17.5 Å². The van der Waals surface area contributed by atoms with Gasteiger partial charge in [0.05, 0.1) is 20.2 Å². The van der Waals surface area contributed by atoms with E-state index in [9.17, 15) is 9.59 Å². The van der Waals surface area contributed by atoms with E-state index in [0.29, 0.717) is 13.1 Å². The van der Waals surface area contributed by atoms with Crippen molar-refractivity contribution < 1.29 is 14.3 Å². The lowest BCUT2D eigenvalue weighted by Crippen LogP contribution is -2.54. The number of para-hydroxylation sites is 2. The lowest BCUT2D eigenvalue weighted by Gasteiger charge is -2.37. The fraction of sp³-hybridized carbons (Fsp3) is 0.462. The molecule has 0 aliphatic carbocycles. The predicted molar refractivity (Wildman–Crippen MR) is 129 cm³/mol. The van der Waals surface area contributed by atoms with Crippen molar-refractivity contribution in [3.63, 3.8) is 0 Å². The molecule has 0 aromatic heterocycles. The van der Waals surface area contributed by atoms with Crippen LogP contribution in [0.4, 0.5) is 5.69 Å². The van der Waals surface area contributed by atoms with Crippen molar-refractivity contribution in [2.45, 2.75) is 19.9 Å². The van der Waals surface area contributed by atoms with Crippen LogP contribution in [0.25, 0.3) is 0 Å². The highest BCUT2D eigenvalue weighted by molar-refractivity contribution is 5.99. The van der Waals surface area contributed by atoms with Crippen LogP contribution < -0.4 is 9.64 Å². The van der Waals surface area contributed by atoms with E-state index in [1.807, 2.05) is 29.2 Å². The first-order valence-electron chi connectivity index (χ1n) is 11.8. The quantitative estimate of drug-likeness (QED) is 0.576. The topological polar surface area (TPSA) is 56.3 Å². The van der Waals surface area contributed by atoms with Crippen molar-refractivity contribution in [3.05, 3.63) is 59.7 Å². The molecular weight excluding hydrogens is 416 g/mol. The highest BCUT2D eigenvalue weighted by Gasteiger charge is 2.31. The maximum absolute atomic E-state index is 12.7. The smallest absolute Gasteiger partial charge is 0.243 e. The van der Waals surface area contributed by atoms with Crippen LogP contribution >= 0.6 is 0 Å². The largest absolute Gasteiger partial charge is 0.496 e. The summed E-state index contributed by atoms with van der Waals surface area (Å²) in [6.07, 6.45) is 0.814. The van der Waals surface area contributed by atoms with Gasteiger partial charge in [-0.05, 0) is 37.6 Å². The summed E-state index contributed by atoms with van der Waals surface area (Å²) in [6, 6.07) is 16.3. The van der Waals surface area contributed by atoms with Gasteiger partial charge in [-0.2, -0.15) is 0 Å². The number of nitrogens with zero attached hydrogens (tertiary/aromatic N) is 4. The molecule has 2 saturated heterocycles. The summed E-state index contributed by atoms with van der Waals surface area (Å²) >= 11 is 0. The predicted octanol–water partition coefficient (Wildman–Crippen LogP) is 2.39. The summed E-state index contributed by atoms with van der Waals surface area (Å²) in [5.41, 5.74) is 3.62. The second kappa shape index (κ2) is 10.8. The Morgan fingerprint density at radius 2 is 1.48 bits per heavy atom. The molecule has 2 aromatic rings. The fourth-order valence-corrected chi connectivity index (χ4v) is 4.77. The SMILES string of the molecule is COc1ccccc1CN1CC(=O)N(CCCN2CCN(c3ccccc3C)CC2)C(=O)C1. The molecule has 0 radical (unpaired) electrons. The molecule has 2 amide bonds. The number of rotatable bonds is 8. The summed E-state index contributed by atoms with van der Waals surface area (Å²) in [5.74, 6) is 0.568. The second-order valence-electron chi connectivity index (χ2n) is 8.86. The van der Waals surface area contributed by atoms with Gasteiger partial charge in [0.15, 0.2) is 0 Å². The second-order valence-corrected chi connectivity index (χ2v) is 8.86. The molecule has 0 atom stereocenters. The van der Waals surface area contributed by atoms with Gasteiger partial charge in [-0.15, -0.1) is 0 Å². The lowest BCUT2D eigenvalue weighted by atomic mass is 10.1. The van der Waals surface area contributed by atoms with Gasteiger partial charge in [0.2, 0.25) is 11.8 Å². The van der Waals surface area contributed by atoms with Gasteiger partial charge in [0, 0.05) is 50.5 Å². The van der Waals surface area contributed by atoms with Crippen LogP contribution in [0.2, 0.25) is 0 Å². The molecule has 2 fully saturated rings. The molecule has 7 heteroatoms. The maximum Gasteiger partial charge on any atom is 0.243 e. The summed E-state index contributed by atoms with van der Waals surface area (Å²) in [5, 5.41) is 0. The number of anilines is 1. The Morgan fingerprint density at radius 1 is 0.818 bits per heavy atom. The first kappa shape index (κ1) is 23.3. The molecule has 2 aliphatic heterocycles. The molecule has 0 saturated carbocycles. The van der Waals surface area contributed by atoms with E-state index in [1.165, 1.54) is 16.2 Å². The zero-order valence-corrected chi connectivity index (χ0v) is 19.7. The summed E-state index contributed by atoms with van der Waals surface area (Å²) < 4.78 is 5.40. The van der Waals surface area contributed by atoms with E-state index < -0.39 is 0 Å². The fourth-order valence-electron chi connectivity index (χ4n) is 4.77. The Hall–Kier alpha value is -2.90. The van der Waals surface area contributed by atoms with E-state index in [1.54, 1.807) is 7.11 Å². The normalized spacial score (nSPS) is 18.1.